The van der Waals surface area contributed by atoms with Crippen LogP contribution >= 0.6 is 11.6 Å². The van der Waals surface area contributed by atoms with E-state index >= 15 is 0 Å². The van der Waals surface area contributed by atoms with Crippen LogP contribution in [0.3, 0.4) is 0 Å². The Morgan fingerprint density at radius 3 is 2.48 bits per heavy atom. The van der Waals surface area contributed by atoms with Crippen LogP contribution in [0.1, 0.15) is 37.8 Å². The van der Waals surface area contributed by atoms with E-state index in [1.807, 2.05) is 30.3 Å². The number of piperidine rings is 1. The summed E-state index contributed by atoms with van der Waals surface area (Å²) in [5.74, 6) is -1.85. The topological polar surface area (TPSA) is 55.8 Å². The third-order valence-electron chi connectivity index (χ3n) is 6.88. The Balaban J connectivity index is 1.55. The standard InChI is InChI=1S/C25H26ClNO4/c1-24(2)30-22(28)25(23(29)31-24)15-18-8-9-19(26)14-20(18)27-11-10-17(13-21(25)27)12-16-6-4-3-5-7-16/h3-9,14,17,21H,10-13,15H2,1-2H3/t17-,21+/m0/s1. The number of ether oxygens (including phenoxy) is 2. The molecule has 5 nitrogen and oxygen atoms in total. The number of nitrogens with zero attached hydrogens (tertiary/aromatic N) is 1. The zero-order valence-electron chi connectivity index (χ0n) is 17.8. The zero-order chi connectivity index (χ0) is 21.8. The number of hydrogen-bond acceptors (Lipinski definition) is 5. The van der Waals surface area contributed by atoms with E-state index in [-0.39, 0.29) is 12.5 Å². The first kappa shape index (κ1) is 20.4. The van der Waals surface area contributed by atoms with Crippen molar-refractivity contribution in [1.82, 2.24) is 0 Å². The minimum atomic E-state index is -1.36. The van der Waals surface area contributed by atoms with Crippen molar-refractivity contribution in [3.05, 3.63) is 64.7 Å². The molecule has 162 valence electrons. The zero-order valence-corrected chi connectivity index (χ0v) is 18.5. The van der Waals surface area contributed by atoms with Gasteiger partial charge in [-0.3, -0.25) is 9.59 Å². The molecule has 3 aliphatic rings. The van der Waals surface area contributed by atoms with Crippen LogP contribution in [0, 0.1) is 11.3 Å². The quantitative estimate of drug-likeness (QED) is 0.507. The van der Waals surface area contributed by atoms with Gasteiger partial charge in [-0.1, -0.05) is 48.0 Å². The molecule has 3 heterocycles. The number of anilines is 1. The summed E-state index contributed by atoms with van der Waals surface area (Å²) in [6, 6.07) is 15.7. The van der Waals surface area contributed by atoms with E-state index in [1.54, 1.807) is 19.9 Å². The molecule has 2 atom stereocenters. The highest BCUT2D eigenvalue weighted by atomic mass is 35.5. The van der Waals surface area contributed by atoms with Gasteiger partial charge in [0.15, 0.2) is 5.41 Å². The highest BCUT2D eigenvalue weighted by Gasteiger charge is 2.64. The van der Waals surface area contributed by atoms with Crippen molar-refractivity contribution < 1.29 is 19.1 Å². The molecular weight excluding hydrogens is 414 g/mol. The fraction of sp³-hybridized carbons (Fsp3) is 0.440. The first-order chi connectivity index (χ1) is 14.8. The maximum Gasteiger partial charge on any atom is 0.329 e. The molecule has 0 bridgehead atoms. The molecule has 1 spiro atoms. The van der Waals surface area contributed by atoms with Gasteiger partial charge >= 0.3 is 11.9 Å². The number of rotatable bonds is 2. The molecular formula is C25H26ClNO4. The largest absolute Gasteiger partial charge is 0.422 e. The Kier molecular flexibility index (Phi) is 4.78. The van der Waals surface area contributed by atoms with Crippen LogP contribution in [0.4, 0.5) is 5.69 Å². The lowest BCUT2D eigenvalue weighted by molar-refractivity contribution is -0.253. The predicted molar refractivity (Wildman–Crippen MR) is 118 cm³/mol. The number of esters is 2. The van der Waals surface area contributed by atoms with Gasteiger partial charge in [0.25, 0.3) is 5.79 Å². The Hall–Kier alpha value is -2.53. The Bertz CT molecular complexity index is 1020. The number of halogens is 1. The van der Waals surface area contributed by atoms with E-state index in [4.69, 9.17) is 21.1 Å². The number of cyclic esters (lactones) is 2. The van der Waals surface area contributed by atoms with Crippen LogP contribution in [-0.4, -0.2) is 30.3 Å². The number of fused-ring (bicyclic) bond motifs is 4. The van der Waals surface area contributed by atoms with Crippen molar-refractivity contribution in [2.75, 3.05) is 11.4 Å². The molecule has 0 radical (unpaired) electrons. The van der Waals surface area contributed by atoms with Crippen molar-refractivity contribution >= 4 is 29.2 Å². The lowest BCUT2D eigenvalue weighted by Crippen LogP contribution is -2.67. The number of carbonyl (C=O) groups excluding carboxylic acids is 2. The summed E-state index contributed by atoms with van der Waals surface area (Å²) >= 11 is 6.31. The van der Waals surface area contributed by atoms with Gasteiger partial charge in [-0.2, -0.15) is 0 Å². The van der Waals surface area contributed by atoms with Crippen LogP contribution in [0.15, 0.2) is 48.5 Å². The fourth-order valence-corrected chi connectivity index (χ4v) is 5.61. The molecule has 2 fully saturated rings. The minimum absolute atomic E-state index is 0.270. The van der Waals surface area contributed by atoms with Gasteiger partial charge in [0, 0.05) is 37.5 Å². The molecule has 2 saturated heterocycles. The van der Waals surface area contributed by atoms with Crippen LogP contribution in [-0.2, 0) is 31.9 Å². The van der Waals surface area contributed by atoms with Gasteiger partial charge in [0.05, 0.1) is 6.04 Å². The summed E-state index contributed by atoms with van der Waals surface area (Å²) in [6.45, 7) is 3.95. The van der Waals surface area contributed by atoms with E-state index in [2.05, 4.69) is 17.0 Å². The molecule has 31 heavy (non-hydrogen) atoms. The molecule has 3 aliphatic heterocycles. The first-order valence-electron chi connectivity index (χ1n) is 10.8. The molecule has 0 unspecified atom stereocenters. The third-order valence-corrected chi connectivity index (χ3v) is 7.11. The number of benzene rings is 2. The summed E-state index contributed by atoms with van der Waals surface area (Å²) in [4.78, 5) is 29.0. The smallest absolute Gasteiger partial charge is 0.329 e. The van der Waals surface area contributed by atoms with Crippen LogP contribution in [0.25, 0.3) is 0 Å². The highest BCUT2D eigenvalue weighted by molar-refractivity contribution is 6.30. The van der Waals surface area contributed by atoms with E-state index in [0.717, 1.165) is 30.6 Å². The summed E-state index contributed by atoms with van der Waals surface area (Å²) in [5.41, 5.74) is 1.85. The summed E-state index contributed by atoms with van der Waals surface area (Å²) < 4.78 is 11.3. The molecule has 0 saturated carbocycles. The number of hydrogen-bond donors (Lipinski definition) is 0. The van der Waals surface area contributed by atoms with Gasteiger partial charge in [-0.25, -0.2) is 0 Å². The molecule has 0 amide bonds. The monoisotopic (exact) mass is 439 g/mol. The van der Waals surface area contributed by atoms with Gasteiger partial charge in [0.1, 0.15) is 0 Å². The maximum absolute atomic E-state index is 13.4. The second-order valence-electron chi connectivity index (χ2n) is 9.39. The number of carbonyl (C=O) groups is 2. The van der Waals surface area contributed by atoms with Crippen molar-refractivity contribution in [1.29, 1.82) is 0 Å². The van der Waals surface area contributed by atoms with Gasteiger partial charge < -0.3 is 14.4 Å². The average molecular weight is 440 g/mol. The molecule has 5 rings (SSSR count). The minimum Gasteiger partial charge on any atom is -0.422 e. The lowest BCUT2D eigenvalue weighted by Gasteiger charge is -2.54. The van der Waals surface area contributed by atoms with Crippen molar-refractivity contribution in [2.45, 2.75) is 51.4 Å². The SMILES string of the molecule is CC1(C)OC(=O)C2(Cc3ccc(Cl)cc3N3CC[C@@H](Cc4ccccc4)C[C@@H]32)C(=O)O1. The van der Waals surface area contributed by atoms with E-state index in [0.29, 0.717) is 17.4 Å². The van der Waals surface area contributed by atoms with Crippen LogP contribution in [0.5, 0.6) is 0 Å². The second kappa shape index (κ2) is 7.27. The summed E-state index contributed by atoms with van der Waals surface area (Å²) in [7, 11) is 0. The molecule has 2 aromatic rings. The summed E-state index contributed by atoms with van der Waals surface area (Å²) in [6.07, 6.45) is 2.88. The predicted octanol–water partition coefficient (Wildman–Crippen LogP) is 4.55. The Morgan fingerprint density at radius 1 is 1.06 bits per heavy atom. The van der Waals surface area contributed by atoms with Crippen molar-refractivity contribution in [3.8, 4) is 0 Å². The average Bonchev–Trinajstić information content (AvgIpc) is 2.72. The maximum atomic E-state index is 13.4. The van der Waals surface area contributed by atoms with Gasteiger partial charge in [-0.05, 0) is 48.4 Å². The normalized spacial score (nSPS) is 26.0. The van der Waals surface area contributed by atoms with Crippen LogP contribution in [0.2, 0.25) is 5.02 Å². The fourth-order valence-electron chi connectivity index (χ4n) is 5.45. The van der Waals surface area contributed by atoms with Gasteiger partial charge in [0.2, 0.25) is 0 Å². The van der Waals surface area contributed by atoms with Crippen molar-refractivity contribution in [2.24, 2.45) is 11.3 Å². The van der Waals surface area contributed by atoms with E-state index in [1.165, 1.54) is 5.56 Å². The highest BCUT2D eigenvalue weighted by Crippen LogP contribution is 2.51. The second-order valence-corrected chi connectivity index (χ2v) is 9.83. The lowest BCUT2D eigenvalue weighted by atomic mass is 9.65. The molecule has 2 aromatic carbocycles. The summed E-state index contributed by atoms with van der Waals surface area (Å²) in [5, 5.41) is 0.648. The van der Waals surface area contributed by atoms with Gasteiger partial charge in [-0.15, -0.1) is 0 Å². The molecule has 0 N–H and O–H groups in total. The van der Waals surface area contributed by atoms with E-state index < -0.39 is 23.1 Å². The Labute approximate surface area is 187 Å². The van der Waals surface area contributed by atoms with Crippen LogP contribution < -0.4 is 4.90 Å². The Morgan fingerprint density at radius 2 is 1.77 bits per heavy atom. The molecule has 0 aliphatic carbocycles. The molecule has 0 aromatic heterocycles. The first-order valence-corrected chi connectivity index (χ1v) is 11.2. The third kappa shape index (κ3) is 3.39. The van der Waals surface area contributed by atoms with E-state index in [9.17, 15) is 9.59 Å². The van der Waals surface area contributed by atoms with Crippen molar-refractivity contribution in [3.63, 3.8) is 0 Å². The molecule has 6 heteroatoms.